The predicted molar refractivity (Wildman–Crippen MR) is 89.3 cm³/mol. The van der Waals surface area contributed by atoms with Crippen LogP contribution in [0.5, 0.6) is 11.5 Å². The lowest BCUT2D eigenvalue weighted by molar-refractivity contribution is 0.360. The topological polar surface area (TPSA) is 30.5 Å². The second-order valence-electron chi connectivity index (χ2n) is 5.91. The zero-order chi connectivity index (χ0) is 15.7. The lowest BCUT2D eigenvalue weighted by Crippen LogP contribution is -2.23. The van der Waals surface area contributed by atoms with Gasteiger partial charge in [0.1, 0.15) is 11.5 Å². The lowest BCUT2D eigenvalue weighted by atomic mass is 9.96. The zero-order valence-corrected chi connectivity index (χ0v) is 14.2. The smallest absolute Gasteiger partial charge is 0.127 e. The van der Waals surface area contributed by atoms with E-state index in [1.165, 1.54) is 12.8 Å². The molecule has 1 aromatic carbocycles. The summed E-state index contributed by atoms with van der Waals surface area (Å²) in [6.45, 7) is 7.75. The maximum absolute atomic E-state index is 5.56. The van der Waals surface area contributed by atoms with Crippen molar-refractivity contribution in [3.8, 4) is 11.5 Å². The van der Waals surface area contributed by atoms with E-state index in [9.17, 15) is 0 Å². The minimum atomic E-state index is 0.287. The summed E-state index contributed by atoms with van der Waals surface area (Å²) in [6.07, 6.45) is 4.69. The third-order valence-corrected chi connectivity index (χ3v) is 3.73. The van der Waals surface area contributed by atoms with Crippen LogP contribution < -0.4 is 14.8 Å². The number of benzene rings is 1. The standard InChI is InChI=1S/C18H31NO2/c1-6-13-19-15(10-7-9-14(2)3)18-16(20-4)11-8-12-17(18)21-5/h8,11-12,14-15,19H,6-7,9-10,13H2,1-5H3. The van der Waals surface area contributed by atoms with Crippen molar-refractivity contribution in [1.82, 2.24) is 5.32 Å². The molecule has 0 radical (unpaired) electrons. The Hall–Kier alpha value is -1.22. The molecule has 3 nitrogen and oxygen atoms in total. The second kappa shape index (κ2) is 9.67. The van der Waals surface area contributed by atoms with Crippen molar-refractivity contribution in [1.29, 1.82) is 0 Å². The largest absolute Gasteiger partial charge is 0.496 e. The van der Waals surface area contributed by atoms with Crippen LogP contribution in [-0.4, -0.2) is 20.8 Å². The van der Waals surface area contributed by atoms with E-state index in [1.807, 2.05) is 18.2 Å². The molecule has 0 heterocycles. The monoisotopic (exact) mass is 293 g/mol. The van der Waals surface area contributed by atoms with Crippen LogP contribution in [0, 0.1) is 5.92 Å². The summed E-state index contributed by atoms with van der Waals surface area (Å²) < 4.78 is 11.1. The van der Waals surface area contributed by atoms with Gasteiger partial charge in [-0.25, -0.2) is 0 Å². The van der Waals surface area contributed by atoms with Crippen molar-refractivity contribution in [2.75, 3.05) is 20.8 Å². The highest BCUT2D eigenvalue weighted by Gasteiger charge is 2.20. The highest BCUT2D eigenvalue weighted by molar-refractivity contribution is 5.47. The molecule has 1 N–H and O–H groups in total. The maximum atomic E-state index is 5.56. The van der Waals surface area contributed by atoms with Crippen LogP contribution in [0.4, 0.5) is 0 Å². The van der Waals surface area contributed by atoms with Gasteiger partial charge in [-0.05, 0) is 37.4 Å². The Kier molecular flexibility index (Phi) is 8.21. The molecular formula is C18H31NO2. The molecule has 0 spiro atoms. The van der Waals surface area contributed by atoms with Gasteiger partial charge in [0, 0.05) is 6.04 Å². The predicted octanol–water partition coefficient (Wildman–Crippen LogP) is 4.57. The fourth-order valence-electron chi connectivity index (χ4n) is 2.62. The minimum Gasteiger partial charge on any atom is -0.496 e. The molecule has 1 aromatic rings. The molecule has 0 aliphatic rings. The fourth-order valence-corrected chi connectivity index (χ4v) is 2.62. The van der Waals surface area contributed by atoms with Gasteiger partial charge in [0.25, 0.3) is 0 Å². The Morgan fingerprint density at radius 3 is 2.14 bits per heavy atom. The van der Waals surface area contributed by atoms with Crippen LogP contribution in [0.1, 0.15) is 58.1 Å². The molecule has 1 atom stereocenters. The first-order valence-electron chi connectivity index (χ1n) is 8.08. The summed E-state index contributed by atoms with van der Waals surface area (Å²) in [6, 6.07) is 6.29. The molecule has 21 heavy (non-hydrogen) atoms. The van der Waals surface area contributed by atoms with E-state index < -0.39 is 0 Å². The normalized spacial score (nSPS) is 12.5. The first-order valence-corrected chi connectivity index (χ1v) is 8.08. The minimum absolute atomic E-state index is 0.287. The van der Waals surface area contributed by atoms with Gasteiger partial charge in [-0.15, -0.1) is 0 Å². The molecule has 1 rings (SSSR count). The molecule has 0 aromatic heterocycles. The number of hydrogen-bond acceptors (Lipinski definition) is 3. The Morgan fingerprint density at radius 1 is 1.05 bits per heavy atom. The van der Waals surface area contributed by atoms with Crippen molar-refractivity contribution in [2.45, 2.75) is 52.5 Å². The van der Waals surface area contributed by atoms with Gasteiger partial charge in [0.2, 0.25) is 0 Å². The molecule has 0 fully saturated rings. The maximum Gasteiger partial charge on any atom is 0.127 e. The van der Waals surface area contributed by atoms with E-state index in [0.29, 0.717) is 0 Å². The molecule has 3 heteroatoms. The Morgan fingerprint density at radius 2 is 1.67 bits per heavy atom. The molecule has 0 saturated carbocycles. The summed E-state index contributed by atoms with van der Waals surface area (Å²) in [7, 11) is 3.45. The van der Waals surface area contributed by atoms with Crippen LogP contribution in [0.2, 0.25) is 0 Å². The third kappa shape index (κ3) is 5.58. The fraction of sp³-hybridized carbons (Fsp3) is 0.667. The molecule has 0 aliphatic heterocycles. The zero-order valence-electron chi connectivity index (χ0n) is 14.2. The molecule has 0 bridgehead atoms. The molecule has 0 aliphatic carbocycles. The molecule has 1 unspecified atom stereocenters. The highest BCUT2D eigenvalue weighted by atomic mass is 16.5. The summed E-state index contributed by atoms with van der Waals surface area (Å²) >= 11 is 0. The summed E-state index contributed by atoms with van der Waals surface area (Å²) in [4.78, 5) is 0. The second-order valence-corrected chi connectivity index (χ2v) is 5.91. The van der Waals surface area contributed by atoms with Crippen molar-refractivity contribution >= 4 is 0 Å². The summed E-state index contributed by atoms with van der Waals surface area (Å²) in [5.41, 5.74) is 1.15. The van der Waals surface area contributed by atoms with Gasteiger partial charge in [-0.2, -0.15) is 0 Å². The van der Waals surface area contributed by atoms with Crippen LogP contribution >= 0.6 is 0 Å². The van der Waals surface area contributed by atoms with Gasteiger partial charge in [0.15, 0.2) is 0 Å². The molecule has 0 amide bonds. The first kappa shape index (κ1) is 17.8. The number of hydrogen-bond donors (Lipinski definition) is 1. The van der Waals surface area contributed by atoms with Gasteiger partial charge >= 0.3 is 0 Å². The van der Waals surface area contributed by atoms with Gasteiger partial charge in [-0.1, -0.05) is 39.7 Å². The average molecular weight is 293 g/mol. The van der Waals surface area contributed by atoms with Gasteiger partial charge < -0.3 is 14.8 Å². The van der Waals surface area contributed by atoms with E-state index >= 15 is 0 Å². The van der Waals surface area contributed by atoms with Gasteiger partial charge in [-0.3, -0.25) is 0 Å². The van der Waals surface area contributed by atoms with Crippen LogP contribution in [0.25, 0.3) is 0 Å². The van der Waals surface area contributed by atoms with E-state index in [-0.39, 0.29) is 6.04 Å². The molecular weight excluding hydrogens is 262 g/mol. The Bertz CT molecular complexity index is 382. The van der Waals surface area contributed by atoms with E-state index in [4.69, 9.17) is 9.47 Å². The number of nitrogens with one attached hydrogen (secondary N) is 1. The van der Waals surface area contributed by atoms with Crippen LogP contribution in [0.15, 0.2) is 18.2 Å². The van der Waals surface area contributed by atoms with Crippen molar-refractivity contribution in [3.05, 3.63) is 23.8 Å². The SMILES string of the molecule is CCCNC(CCCC(C)C)c1c(OC)cccc1OC. The van der Waals surface area contributed by atoms with Crippen molar-refractivity contribution in [2.24, 2.45) is 5.92 Å². The summed E-state index contributed by atoms with van der Waals surface area (Å²) in [5.74, 6) is 2.57. The van der Waals surface area contributed by atoms with Crippen molar-refractivity contribution in [3.63, 3.8) is 0 Å². The van der Waals surface area contributed by atoms with E-state index in [2.05, 4.69) is 26.1 Å². The molecule has 120 valence electrons. The number of ether oxygens (including phenoxy) is 2. The van der Waals surface area contributed by atoms with Crippen LogP contribution in [-0.2, 0) is 0 Å². The van der Waals surface area contributed by atoms with E-state index in [0.717, 1.165) is 42.4 Å². The number of methoxy groups -OCH3 is 2. The Balaban J connectivity index is 2.94. The van der Waals surface area contributed by atoms with Gasteiger partial charge in [0.05, 0.1) is 19.8 Å². The molecule has 0 saturated heterocycles. The van der Waals surface area contributed by atoms with E-state index in [1.54, 1.807) is 14.2 Å². The third-order valence-electron chi connectivity index (χ3n) is 3.73. The number of rotatable bonds is 10. The Labute approximate surface area is 130 Å². The van der Waals surface area contributed by atoms with Crippen molar-refractivity contribution < 1.29 is 9.47 Å². The quantitative estimate of drug-likeness (QED) is 0.685. The van der Waals surface area contributed by atoms with Crippen LogP contribution in [0.3, 0.4) is 0 Å². The average Bonchev–Trinajstić information content (AvgIpc) is 2.49. The summed E-state index contributed by atoms with van der Waals surface area (Å²) in [5, 5.41) is 3.65. The first-order chi connectivity index (χ1) is 10.1. The lowest BCUT2D eigenvalue weighted by Gasteiger charge is -2.23. The highest BCUT2D eigenvalue weighted by Crippen LogP contribution is 2.36.